The molecule has 0 saturated carbocycles. The van der Waals surface area contributed by atoms with Crippen LogP contribution < -0.4 is 5.32 Å². The third kappa shape index (κ3) is 7.94. The van der Waals surface area contributed by atoms with Crippen LogP contribution in [0.25, 0.3) is 11.1 Å². The number of carboxylic acids is 1. The highest BCUT2D eigenvalue weighted by molar-refractivity contribution is 6.36. The van der Waals surface area contributed by atoms with Gasteiger partial charge in [0.05, 0.1) is 13.2 Å². The van der Waals surface area contributed by atoms with Crippen molar-refractivity contribution in [2.75, 3.05) is 45.9 Å². The van der Waals surface area contributed by atoms with E-state index in [1.165, 1.54) is 0 Å². The molecule has 0 bridgehead atoms. The molecule has 1 atom stereocenters. The number of alkyl halides is 3. The Morgan fingerprint density at radius 3 is 2.07 bits per heavy atom. The number of morpholine rings is 1. The van der Waals surface area contributed by atoms with Gasteiger partial charge in [-0.1, -0.05) is 35.3 Å². The Morgan fingerprint density at radius 1 is 0.952 bits per heavy atom. The molecule has 13 heteroatoms. The third-order valence-electron chi connectivity index (χ3n) is 7.70. The molecule has 3 heterocycles. The van der Waals surface area contributed by atoms with Crippen molar-refractivity contribution in [3.8, 4) is 11.1 Å². The number of carbonyl (C=O) groups is 3. The van der Waals surface area contributed by atoms with Crippen molar-refractivity contribution in [2.45, 2.75) is 37.9 Å². The summed E-state index contributed by atoms with van der Waals surface area (Å²) in [7, 11) is 0. The fraction of sp³-hybridized carbons (Fsp3) is 0.483. The van der Waals surface area contributed by atoms with E-state index in [9.17, 15) is 22.8 Å². The number of nitrogens with zero attached hydrogens (tertiary/aromatic N) is 2. The van der Waals surface area contributed by atoms with Gasteiger partial charge < -0.3 is 25.0 Å². The van der Waals surface area contributed by atoms with Gasteiger partial charge in [-0.2, -0.15) is 13.2 Å². The molecule has 42 heavy (non-hydrogen) atoms. The van der Waals surface area contributed by atoms with E-state index in [4.69, 9.17) is 37.8 Å². The number of piperidine rings is 1. The average Bonchev–Trinajstić information content (AvgIpc) is 3.35. The first-order chi connectivity index (χ1) is 20.0. The second-order valence-electron chi connectivity index (χ2n) is 10.4. The van der Waals surface area contributed by atoms with E-state index in [1.807, 2.05) is 41.3 Å². The lowest BCUT2D eigenvalue weighted by Crippen LogP contribution is -2.44. The first-order valence-electron chi connectivity index (χ1n) is 13.7. The van der Waals surface area contributed by atoms with Crippen molar-refractivity contribution in [2.24, 2.45) is 5.92 Å². The quantitative estimate of drug-likeness (QED) is 0.488. The number of amides is 2. The maximum absolute atomic E-state index is 13.1. The van der Waals surface area contributed by atoms with Crippen LogP contribution in [-0.2, 0) is 20.7 Å². The van der Waals surface area contributed by atoms with E-state index in [2.05, 4.69) is 10.2 Å². The number of hydrogen-bond acceptors (Lipinski definition) is 5. The van der Waals surface area contributed by atoms with Crippen LogP contribution in [0.4, 0.5) is 13.2 Å². The Kier molecular flexibility index (Phi) is 10.7. The number of likely N-dealkylation sites (tertiary alicyclic amines) is 1. The number of halogens is 5. The Balaban J connectivity index is 0.000000517. The van der Waals surface area contributed by atoms with Crippen molar-refractivity contribution >= 4 is 41.0 Å². The van der Waals surface area contributed by atoms with Crippen molar-refractivity contribution in [3.63, 3.8) is 0 Å². The molecule has 0 spiro atoms. The van der Waals surface area contributed by atoms with Crippen molar-refractivity contribution in [1.82, 2.24) is 15.1 Å². The predicted molar refractivity (Wildman–Crippen MR) is 152 cm³/mol. The molecule has 2 N–H and O–H groups in total. The Bertz CT molecular complexity index is 1260. The van der Waals surface area contributed by atoms with Crippen molar-refractivity contribution < 1.29 is 37.4 Å². The summed E-state index contributed by atoms with van der Waals surface area (Å²) < 4.78 is 37.1. The first kappa shape index (κ1) is 32.1. The summed E-state index contributed by atoms with van der Waals surface area (Å²) >= 11 is 13.4. The molecule has 0 aromatic heterocycles. The molecule has 3 saturated heterocycles. The lowest BCUT2D eigenvalue weighted by Gasteiger charge is -2.31. The van der Waals surface area contributed by atoms with Crippen LogP contribution in [0.5, 0.6) is 0 Å². The maximum atomic E-state index is 13.1. The highest BCUT2D eigenvalue weighted by atomic mass is 35.5. The summed E-state index contributed by atoms with van der Waals surface area (Å²) in [6.07, 6.45) is -1.64. The topological polar surface area (TPSA) is 99.2 Å². The predicted octanol–water partition coefficient (Wildman–Crippen LogP) is 4.91. The van der Waals surface area contributed by atoms with Gasteiger partial charge in [-0.05, 0) is 79.7 Å². The molecule has 5 rings (SSSR count). The minimum atomic E-state index is -5.08. The minimum Gasteiger partial charge on any atom is -0.475 e. The molecule has 228 valence electrons. The number of aliphatic carboxylic acids is 1. The summed E-state index contributed by atoms with van der Waals surface area (Å²) in [4.78, 5) is 38.6. The van der Waals surface area contributed by atoms with Crippen LogP contribution in [-0.4, -0.2) is 90.8 Å². The van der Waals surface area contributed by atoms with Crippen LogP contribution in [0.15, 0.2) is 36.4 Å². The van der Waals surface area contributed by atoms with E-state index >= 15 is 0 Å². The maximum Gasteiger partial charge on any atom is 0.490 e. The molecule has 2 aromatic carbocycles. The van der Waals surface area contributed by atoms with Crippen LogP contribution >= 0.6 is 23.2 Å². The van der Waals surface area contributed by atoms with Gasteiger partial charge in [-0.25, -0.2) is 4.79 Å². The van der Waals surface area contributed by atoms with Crippen LogP contribution in [0.3, 0.4) is 0 Å². The van der Waals surface area contributed by atoms with E-state index in [0.717, 1.165) is 55.6 Å². The van der Waals surface area contributed by atoms with Crippen LogP contribution in [0.2, 0.25) is 10.0 Å². The van der Waals surface area contributed by atoms with Gasteiger partial charge in [0.15, 0.2) is 0 Å². The van der Waals surface area contributed by atoms with Crippen molar-refractivity contribution in [1.29, 1.82) is 0 Å². The van der Waals surface area contributed by atoms with E-state index in [0.29, 0.717) is 54.4 Å². The Hall–Kier alpha value is -2.86. The number of benzene rings is 2. The van der Waals surface area contributed by atoms with Gasteiger partial charge in [-0.15, -0.1) is 0 Å². The summed E-state index contributed by atoms with van der Waals surface area (Å²) in [6.45, 7) is 5.16. The molecule has 3 aliphatic rings. The van der Waals surface area contributed by atoms with Crippen LogP contribution in [0.1, 0.15) is 35.2 Å². The van der Waals surface area contributed by atoms with E-state index in [1.54, 1.807) is 0 Å². The van der Waals surface area contributed by atoms with Gasteiger partial charge in [0, 0.05) is 47.2 Å². The lowest BCUT2D eigenvalue weighted by molar-refractivity contribution is -0.192. The molecule has 0 radical (unpaired) electrons. The molecule has 3 aliphatic heterocycles. The van der Waals surface area contributed by atoms with Gasteiger partial charge in [0.2, 0.25) is 5.91 Å². The summed E-state index contributed by atoms with van der Waals surface area (Å²) in [6, 6.07) is 11.7. The minimum absolute atomic E-state index is 0.0195. The fourth-order valence-corrected chi connectivity index (χ4v) is 6.04. The van der Waals surface area contributed by atoms with Crippen molar-refractivity contribution in [3.05, 3.63) is 57.6 Å². The van der Waals surface area contributed by atoms with Crippen LogP contribution in [0, 0.1) is 5.92 Å². The zero-order chi connectivity index (χ0) is 30.4. The Morgan fingerprint density at radius 2 is 1.52 bits per heavy atom. The number of rotatable bonds is 5. The smallest absolute Gasteiger partial charge is 0.475 e. The third-order valence-corrected chi connectivity index (χ3v) is 8.37. The normalized spacial score (nSPS) is 19.8. The molecule has 0 unspecified atom stereocenters. The molecule has 2 amide bonds. The zero-order valence-corrected chi connectivity index (χ0v) is 24.3. The highest BCUT2D eigenvalue weighted by Gasteiger charge is 2.38. The SMILES string of the molecule is O=C(O)C(F)(F)F.O=C(c1ccc(-c2cc(Cl)c(C[C@@H]3CCN(C4CCNCC4)C3=O)c(Cl)c2)cc1)N1CCOCC1. The van der Waals surface area contributed by atoms with Gasteiger partial charge in [0.1, 0.15) is 0 Å². The van der Waals surface area contributed by atoms with Gasteiger partial charge in [0.25, 0.3) is 5.91 Å². The van der Waals surface area contributed by atoms with E-state index < -0.39 is 12.1 Å². The molecule has 3 fully saturated rings. The number of nitrogens with one attached hydrogen (secondary N) is 1. The molecule has 8 nitrogen and oxygen atoms in total. The fourth-order valence-electron chi connectivity index (χ4n) is 5.40. The average molecular weight is 630 g/mol. The lowest BCUT2D eigenvalue weighted by atomic mass is 9.95. The Labute approximate surface area is 251 Å². The number of carboxylic acid groups (broad SMARTS) is 1. The molecular formula is C29H32Cl2F3N3O5. The molecular weight excluding hydrogens is 598 g/mol. The summed E-state index contributed by atoms with van der Waals surface area (Å²) in [5.74, 6) is -2.58. The highest BCUT2D eigenvalue weighted by Crippen LogP contribution is 2.36. The van der Waals surface area contributed by atoms with E-state index in [-0.39, 0.29) is 17.7 Å². The van der Waals surface area contributed by atoms with Gasteiger partial charge >= 0.3 is 12.1 Å². The standard InChI is InChI=1S/C27H31Cl2N3O3.C2HF3O2/c28-24-16-21(18-1-3-19(4-2-18)26(33)31-11-13-35-14-12-31)17-25(29)23(24)15-20-7-10-32(27(20)34)22-5-8-30-9-6-22;3-2(4,5)1(6)7/h1-4,16-17,20,22,30H,5-15H2;(H,6,7)/t20-;/m0./s1. The first-order valence-corrected chi connectivity index (χ1v) is 14.5. The summed E-state index contributed by atoms with van der Waals surface area (Å²) in [5, 5.41) is 11.6. The second-order valence-corrected chi connectivity index (χ2v) is 11.2. The summed E-state index contributed by atoms with van der Waals surface area (Å²) in [5.41, 5.74) is 3.32. The molecule has 2 aromatic rings. The number of ether oxygens (including phenoxy) is 1. The molecule has 0 aliphatic carbocycles. The number of carbonyl (C=O) groups excluding carboxylic acids is 2. The zero-order valence-electron chi connectivity index (χ0n) is 22.8. The van der Waals surface area contributed by atoms with Gasteiger partial charge in [-0.3, -0.25) is 9.59 Å². The number of hydrogen-bond donors (Lipinski definition) is 2. The monoisotopic (exact) mass is 629 g/mol. The second kappa shape index (κ2) is 14.1. The largest absolute Gasteiger partial charge is 0.490 e.